The molecule has 13 heavy (non-hydrogen) atoms. The number of fused-ring (bicyclic) bond motifs is 9. The van der Waals surface area contributed by atoms with E-state index < -0.39 is 6.17 Å². The summed E-state index contributed by atoms with van der Waals surface area (Å²) >= 11 is 0. The molecule has 0 nitrogen and oxygen atoms in total. The maximum Gasteiger partial charge on any atom is 0.103 e. The minimum Gasteiger partial charge on any atom is -0.247 e. The van der Waals surface area contributed by atoms with Crippen LogP contribution < -0.4 is 0 Å². The largest absolute Gasteiger partial charge is 0.247 e. The van der Waals surface area contributed by atoms with Crippen molar-refractivity contribution in [3.05, 3.63) is 0 Å². The Balaban J connectivity index is 1.75. The van der Waals surface area contributed by atoms with Crippen molar-refractivity contribution >= 4 is 0 Å². The van der Waals surface area contributed by atoms with E-state index in [4.69, 9.17) is 0 Å². The average molecular weight is 180 g/mol. The maximum atomic E-state index is 13.6. The van der Waals surface area contributed by atoms with Crippen LogP contribution in [0.15, 0.2) is 0 Å². The first-order chi connectivity index (χ1) is 6.34. The third-order valence-corrected chi connectivity index (χ3v) is 5.65. The van der Waals surface area contributed by atoms with Crippen molar-refractivity contribution in [2.75, 3.05) is 0 Å². The van der Waals surface area contributed by atoms with Crippen LogP contribution in [0.25, 0.3) is 0 Å². The Labute approximate surface area is 78.9 Å². The Morgan fingerprint density at radius 3 is 2.38 bits per heavy atom. The zero-order valence-electron chi connectivity index (χ0n) is 7.95. The van der Waals surface area contributed by atoms with Crippen molar-refractivity contribution in [1.82, 2.24) is 0 Å². The zero-order chi connectivity index (χ0) is 8.58. The molecule has 0 spiro atoms. The fourth-order valence-electron chi connectivity index (χ4n) is 5.48. The molecular weight excluding hydrogens is 163 g/mol. The van der Waals surface area contributed by atoms with Gasteiger partial charge in [-0.1, -0.05) is 0 Å². The number of hydrogen-bond donors (Lipinski definition) is 0. The topological polar surface area (TPSA) is 0 Å². The lowest BCUT2D eigenvalue weighted by atomic mass is 9.70. The summed E-state index contributed by atoms with van der Waals surface area (Å²) in [5.41, 5.74) is 0. The predicted octanol–water partition coefficient (Wildman–Crippen LogP) is 3.03. The van der Waals surface area contributed by atoms with Gasteiger partial charge in [0.05, 0.1) is 0 Å². The van der Waals surface area contributed by atoms with E-state index in [1.807, 2.05) is 0 Å². The lowest BCUT2D eigenvalue weighted by Crippen LogP contribution is -2.33. The first-order valence-electron chi connectivity index (χ1n) is 5.98. The van der Waals surface area contributed by atoms with Crippen LogP contribution in [-0.4, -0.2) is 6.17 Å². The van der Waals surface area contributed by atoms with Gasteiger partial charge in [-0.15, -0.1) is 0 Å². The minimum atomic E-state index is -0.411. The number of rotatable bonds is 0. The third-order valence-electron chi connectivity index (χ3n) is 5.65. The Kier molecular flexibility index (Phi) is 1.18. The van der Waals surface area contributed by atoms with Crippen LogP contribution >= 0.6 is 0 Å². The summed E-state index contributed by atoms with van der Waals surface area (Å²) < 4.78 is 13.6. The van der Waals surface area contributed by atoms with Crippen LogP contribution in [-0.2, 0) is 0 Å². The van der Waals surface area contributed by atoms with E-state index in [1.54, 1.807) is 0 Å². The summed E-state index contributed by atoms with van der Waals surface area (Å²) in [6, 6.07) is 0. The van der Waals surface area contributed by atoms with E-state index in [0.717, 1.165) is 36.0 Å². The molecule has 4 rings (SSSR count). The van der Waals surface area contributed by atoms with Crippen LogP contribution in [0.2, 0.25) is 0 Å². The minimum absolute atomic E-state index is 0.411. The van der Waals surface area contributed by atoms with E-state index in [0.29, 0.717) is 5.92 Å². The lowest BCUT2D eigenvalue weighted by molar-refractivity contribution is 0.0815. The second-order valence-electron chi connectivity index (χ2n) is 5.90. The van der Waals surface area contributed by atoms with Gasteiger partial charge < -0.3 is 0 Å². The van der Waals surface area contributed by atoms with E-state index in [1.165, 1.54) is 25.7 Å². The van der Waals surface area contributed by atoms with Gasteiger partial charge in [0.2, 0.25) is 0 Å². The molecule has 0 aliphatic heterocycles. The molecule has 7 unspecified atom stereocenters. The zero-order valence-corrected chi connectivity index (χ0v) is 7.95. The standard InChI is InChI=1S/C12H17F/c13-10-5-8-4-9(10)12-7-2-1-6(3-7)11(8)12/h6-12H,1-5H2. The van der Waals surface area contributed by atoms with E-state index in [-0.39, 0.29) is 0 Å². The lowest BCUT2D eigenvalue weighted by Gasteiger charge is -2.36. The predicted molar refractivity (Wildman–Crippen MR) is 48.9 cm³/mol. The van der Waals surface area contributed by atoms with Crippen LogP contribution in [0, 0.1) is 35.5 Å². The van der Waals surface area contributed by atoms with Gasteiger partial charge in [0.1, 0.15) is 6.17 Å². The summed E-state index contributed by atoms with van der Waals surface area (Å²) in [6.45, 7) is 0. The molecule has 4 aliphatic rings. The number of halogens is 1. The molecule has 0 saturated heterocycles. The highest BCUT2D eigenvalue weighted by atomic mass is 19.1. The van der Waals surface area contributed by atoms with Crippen molar-refractivity contribution in [3.8, 4) is 0 Å². The van der Waals surface area contributed by atoms with Gasteiger partial charge in [-0.05, 0) is 67.6 Å². The van der Waals surface area contributed by atoms with Crippen LogP contribution in [0.1, 0.15) is 32.1 Å². The number of alkyl halides is 1. The molecular formula is C12H17F. The van der Waals surface area contributed by atoms with Gasteiger partial charge in [0, 0.05) is 0 Å². The monoisotopic (exact) mass is 180 g/mol. The van der Waals surface area contributed by atoms with Gasteiger partial charge in [0.15, 0.2) is 0 Å². The molecule has 7 atom stereocenters. The van der Waals surface area contributed by atoms with E-state index in [9.17, 15) is 4.39 Å². The highest BCUT2D eigenvalue weighted by Crippen LogP contribution is 2.67. The maximum absolute atomic E-state index is 13.6. The molecule has 0 radical (unpaired) electrons. The molecule has 0 aromatic carbocycles. The molecule has 0 aromatic heterocycles. The highest BCUT2D eigenvalue weighted by molar-refractivity contribution is 5.11. The summed E-state index contributed by atoms with van der Waals surface area (Å²) in [7, 11) is 0. The van der Waals surface area contributed by atoms with Crippen molar-refractivity contribution in [2.45, 2.75) is 38.3 Å². The van der Waals surface area contributed by atoms with E-state index >= 15 is 0 Å². The van der Waals surface area contributed by atoms with Crippen LogP contribution in [0.4, 0.5) is 4.39 Å². The SMILES string of the molecule is FC1CC2CC1C1C3CCC(C3)C21. The molecule has 4 saturated carbocycles. The summed E-state index contributed by atoms with van der Waals surface area (Å²) in [6.07, 6.45) is 6.15. The van der Waals surface area contributed by atoms with Crippen molar-refractivity contribution in [3.63, 3.8) is 0 Å². The molecule has 1 heteroatoms. The normalized spacial score (nSPS) is 67.6. The molecule has 0 aromatic rings. The van der Waals surface area contributed by atoms with Gasteiger partial charge in [-0.2, -0.15) is 0 Å². The molecule has 0 amide bonds. The first kappa shape index (κ1) is 7.25. The molecule has 4 aliphatic carbocycles. The third kappa shape index (κ3) is 0.702. The molecule has 0 heterocycles. The van der Waals surface area contributed by atoms with E-state index in [2.05, 4.69) is 0 Å². The Morgan fingerprint density at radius 2 is 1.54 bits per heavy atom. The molecule has 0 N–H and O–H groups in total. The first-order valence-corrected chi connectivity index (χ1v) is 5.98. The second-order valence-corrected chi connectivity index (χ2v) is 5.90. The van der Waals surface area contributed by atoms with Crippen molar-refractivity contribution in [2.24, 2.45) is 35.5 Å². The van der Waals surface area contributed by atoms with Gasteiger partial charge in [-0.25, -0.2) is 4.39 Å². The van der Waals surface area contributed by atoms with Crippen molar-refractivity contribution in [1.29, 1.82) is 0 Å². The fraction of sp³-hybridized carbons (Fsp3) is 1.00. The van der Waals surface area contributed by atoms with Gasteiger partial charge >= 0.3 is 0 Å². The van der Waals surface area contributed by atoms with Crippen LogP contribution in [0.3, 0.4) is 0 Å². The van der Waals surface area contributed by atoms with Crippen molar-refractivity contribution < 1.29 is 4.39 Å². The summed E-state index contributed by atoms with van der Waals surface area (Å²) in [4.78, 5) is 0. The molecule has 72 valence electrons. The Hall–Kier alpha value is -0.0700. The Morgan fingerprint density at radius 1 is 0.769 bits per heavy atom. The Bertz CT molecular complexity index is 250. The molecule has 4 fully saturated rings. The fourth-order valence-corrected chi connectivity index (χ4v) is 5.48. The highest BCUT2D eigenvalue weighted by Gasteiger charge is 2.62. The second kappa shape index (κ2) is 2.12. The van der Waals surface area contributed by atoms with Crippen LogP contribution in [0.5, 0.6) is 0 Å². The summed E-state index contributed by atoms with van der Waals surface area (Å²) in [5.74, 6) is 5.11. The average Bonchev–Trinajstić information content (AvgIpc) is 2.78. The molecule has 4 bridgehead atoms. The smallest absolute Gasteiger partial charge is 0.103 e. The number of hydrogen-bond acceptors (Lipinski definition) is 0. The summed E-state index contributed by atoms with van der Waals surface area (Å²) in [5, 5.41) is 0. The van der Waals surface area contributed by atoms with Gasteiger partial charge in [0.25, 0.3) is 0 Å². The quantitative estimate of drug-likeness (QED) is 0.503. The van der Waals surface area contributed by atoms with Gasteiger partial charge in [-0.3, -0.25) is 0 Å².